The fourth-order valence-electron chi connectivity index (χ4n) is 1.82. The van der Waals surface area contributed by atoms with E-state index >= 15 is 0 Å². The average molecular weight is 257 g/mol. The van der Waals surface area contributed by atoms with Crippen LogP contribution in [0, 0.1) is 5.92 Å². The third-order valence-corrected chi connectivity index (χ3v) is 2.84. The molecular formula is C16H19NO2. The lowest BCUT2D eigenvalue weighted by atomic mass is 9.98. The highest BCUT2D eigenvalue weighted by molar-refractivity contribution is 5.70. The highest BCUT2D eigenvalue weighted by atomic mass is 16.6. The third kappa shape index (κ3) is 3.71. The Morgan fingerprint density at radius 3 is 2.42 bits per heavy atom. The van der Waals surface area contributed by atoms with Crippen molar-refractivity contribution < 1.29 is 9.53 Å². The van der Waals surface area contributed by atoms with E-state index in [0.717, 1.165) is 0 Å². The van der Waals surface area contributed by atoms with Gasteiger partial charge in [-0.1, -0.05) is 56.3 Å². The lowest BCUT2D eigenvalue weighted by Crippen LogP contribution is -2.24. The van der Waals surface area contributed by atoms with Gasteiger partial charge in [0.05, 0.1) is 6.61 Å². The normalized spacial score (nSPS) is 15.0. The fourth-order valence-corrected chi connectivity index (χ4v) is 1.82. The van der Waals surface area contributed by atoms with Gasteiger partial charge in [-0.25, -0.2) is 4.79 Å². The summed E-state index contributed by atoms with van der Waals surface area (Å²) in [6, 6.07) is 10.2. The maximum absolute atomic E-state index is 11.7. The molecule has 1 aliphatic rings. The summed E-state index contributed by atoms with van der Waals surface area (Å²) in [6.07, 6.45) is 7.19. The Bertz CT molecular complexity index is 463. The number of nitrogens with zero attached hydrogens (tertiary/aromatic N) is 1. The minimum atomic E-state index is -0.326. The highest BCUT2D eigenvalue weighted by Gasteiger charge is 2.15. The Kier molecular flexibility index (Phi) is 4.39. The first kappa shape index (κ1) is 13.4. The second kappa shape index (κ2) is 6.23. The van der Waals surface area contributed by atoms with Crippen molar-refractivity contribution >= 4 is 6.09 Å². The van der Waals surface area contributed by atoms with Gasteiger partial charge in [-0.15, -0.1) is 0 Å². The lowest BCUT2D eigenvalue weighted by molar-refractivity contribution is 0.115. The van der Waals surface area contributed by atoms with Crippen LogP contribution in [0.25, 0.3) is 0 Å². The summed E-state index contributed by atoms with van der Waals surface area (Å²) in [5, 5.41) is 0. The Morgan fingerprint density at radius 1 is 1.21 bits per heavy atom. The quantitative estimate of drug-likeness (QED) is 0.821. The van der Waals surface area contributed by atoms with Crippen molar-refractivity contribution in [1.29, 1.82) is 0 Å². The largest absolute Gasteiger partial charge is 0.449 e. The fraction of sp³-hybridized carbons (Fsp3) is 0.312. The molecular weight excluding hydrogens is 238 g/mol. The van der Waals surface area contributed by atoms with Crippen LogP contribution in [-0.2, 0) is 4.74 Å². The molecule has 0 saturated heterocycles. The molecule has 3 nitrogen and oxygen atoms in total. The second-order valence-electron chi connectivity index (χ2n) is 5.00. The SMILES string of the molecule is CC(C)COC(=O)N1C=CC(c2ccccc2)C=C1. The standard InChI is InChI=1S/C16H19NO2/c1-13(2)12-19-16(18)17-10-8-15(9-11-17)14-6-4-3-5-7-14/h3-11,13,15H,12H2,1-2H3. The van der Waals surface area contributed by atoms with Gasteiger partial charge in [0.1, 0.15) is 0 Å². The molecule has 0 radical (unpaired) electrons. The summed E-state index contributed by atoms with van der Waals surface area (Å²) >= 11 is 0. The van der Waals surface area contributed by atoms with Crippen molar-refractivity contribution in [3.63, 3.8) is 0 Å². The van der Waals surface area contributed by atoms with E-state index in [4.69, 9.17) is 4.74 Å². The number of hydrogen-bond acceptors (Lipinski definition) is 2. The summed E-state index contributed by atoms with van der Waals surface area (Å²) in [4.78, 5) is 13.2. The Labute approximate surface area is 114 Å². The van der Waals surface area contributed by atoms with Crippen LogP contribution in [0.5, 0.6) is 0 Å². The predicted molar refractivity (Wildman–Crippen MR) is 75.5 cm³/mol. The van der Waals surface area contributed by atoms with Crippen LogP contribution < -0.4 is 0 Å². The molecule has 0 N–H and O–H groups in total. The Hall–Kier alpha value is -2.03. The molecule has 1 aliphatic heterocycles. The zero-order valence-corrected chi connectivity index (χ0v) is 11.3. The van der Waals surface area contributed by atoms with E-state index in [2.05, 4.69) is 12.1 Å². The first-order valence-electron chi connectivity index (χ1n) is 6.53. The molecule has 1 aromatic carbocycles. The van der Waals surface area contributed by atoms with E-state index in [1.807, 2.05) is 44.2 Å². The summed E-state index contributed by atoms with van der Waals surface area (Å²) in [7, 11) is 0. The number of carbonyl (C=O) groups excluding carboxylic acids is 1. The maximum Gasteiger partial charge on any atom is 0.417 e. The van der Waals surface area contributed by atoms with Crippen molar-refractivity contribution in [2.24, 2.45) is 5.92 Å². The molecule has 0 atom stereocenters. The number of amides is 1. The molecule has 0 saturated carbocycles. The van der Waals surface area contributed by atoms with Crippen LogP contribution >= 0.6 is 0 Å². The molecule has 3 heteroatoms. The van der Waals surface area contributed by atoms with Gasteiger partial charge in [0.15, 0.2) is 0 Å². The van der Waals surface area contributed by atoms with E-state index in [9.17, 15) is 4.79 Å². The van der Waals surface area contributed by atoms with Crippen LogP contribution in [0.3, 0.4) is 0 Å². The first-order valence-corrected chi connectivity index (χ1v) is 6.53. The molecule has 0 aliphatic carbocycles. The smallest absolute Gasteiger partial charge is 0.417 e. The number of rotatable bonds is 3. The summed E-state index contributed by atoms with van der Waals surface area (Å²) in [5.74, 6) is 0.564. The van der Waals surface area contributed by atoms with E-state index in [1.165, 1.54) is 10.5 Å². The summed E-state index contributed by atoms with van der Waals surface area (Å²) in [6.45, 7) is 4.47. The molecule has 1 amide bonds. The molecule has 2 rings (SSSR count). The van der Waals surface area contributed by atoms with Crippen LogP contribution in [0.1, 0.15) is 25.3 Å². The van der Waals surface area contributed by atoms with E-state index in [1.54, 1.807) is 12.4 Å². The minimum Gasteiger partial charge on any atom is -0.449 e. The molecule has 100 valence electrons. The second-order valence-corrected chi connectivity index (χ2v) is 5.00. The van der Waals surface area contributed by atoms with Gasteiger partial charge in [0, 0.05) is 18.3 Å². The van der Waals surface area contributed by atoms with Crippen molar-refractivity contribution in [3.8, 4) is 0 Å². The van der Waals surface area contributed by atoms with E-state index in [-0.39, 0.29) is 12.0 Å². The van der Waals surface area contributed by atoms with Crippen LogP contribution in [0.15, 0.2) is 54.9 Å². The summed E-state index contributed by atoms with van der Waals surface area (Å²) < 4.78 is 5.17. The number of allylic oxidation sites excluding steroid dienone is 2. The van der Waals surface area contributed by atoms with Gasteiger partial charge in [-0.2, -0.15) is 0 Å². The summed E-state index contributed by atoms with van der Waals surface area (Å²) in [5.41, 5.74) is 1.21. The van der Waals surface area contributed by atoms with Gasteiger partial charge in [0.2, 0.25) is 0 Å². The van der Waals surface area contributed by atoms with Crippen LogP contribution in [0.4, 0.5) is 4.79 Å². The van der Waals surface area contributed by atoms with Gasteiger partial charge in [-0.3, -0.25) is 4.90 Å². The number of carbonyl (C=O) groups is 1. The monoisotopic (exact) mass is 257 g/mol. The van der Waals surface area contributed by atoms with Crippen molar-refractivity contribution in [1.82, 2.24) is 4.90 Å². The number of ether oxygens (including phenoxy) is 1. The lowest BCUT2D eigenvalue weighted by Gasteiger charge is -2.20. The Morgan fingerprint density at radius 2 is 1.84 bits per heavy atom. The topological polar surface area (TPSA) is 29.5 Å². The van der Waals surface area contributed by atoms with E-state index < -0.39 is 0 Å². The first-order chi connectivity index (χ1) is 9.16. The predicted octanol–water partition coefficient (Wildman–Crippen LogP) is 3.91. The zero-order chi connectivity index (χ0) is 13.7. The molecule has 0 fully saturated rings. The van der Waals surface area contributed by atoms with E-state index in [0.29, 0.717) is 12.5 Å². The highest BCUT2D eigenvalue weighted by Crippen LogP contribution is 2.22. The van der Waals surface area contributed by atoms with Crippen molar-refractivity contribution in [2.45, 2.75) is 19.8 Å². The van der Waals surface area contributed by atoms with Crippen molar-refractivity contribution in [2.75, 3.05) is 6.61 Å². The maximum atomic E-state index is 11.7. The van der Waals surface area contributed by atoms with Crippen LogP contribution in [-0.4, -0.2) is 17.6 Å². The molecule has 0 unspecified atom stereocenters. The molecule has 0 aromatic heterocycles. The molecule has 0 spiro atoms. The molecule has 19 heavy (non-hydrogen) atoms. The average Bonchev–Trinajstić information content (AvgIpc) is 2.46. The molecule has 1 aromatic rings. The zero-order valence-electron chi connectivity index (χ0n) is 11.3. The number of hydrogen-bond donors (Lipinski definition) is 0. The molecule has 0 bridgehead atoms. The van der Waals surface area contributed by atoms with Crippen molar-refractivity contribution in [3.05, 3.63) is 60.4 Å². The number of benzene rings is 1. The van der Waals surface area contributed by atoms with Gasteiger partial charge >= 0.3 is 6.09 Å². The Balaban J connectivity index is 1.93. The molecule has 1 heterocycles. The van der Waals surface area contributed by atoms with Crippen LogP contribution in [0.2, 0.25) is 0 Å². The van der Waals surface area contributed by atoms with Gasteiger partial charge in [0.25, 0.3) is 0 Å². The van der Waals surface area contributed by atoms with Gasteiger partial charge in [-0.05, 0) is 11.5 Å². The van der Waals surface area contributed by atoms with Gasteiger partial charge < -0.3 is 4.74 Å². The third-order valence-electron chi connectivity index (χ3n) is 2.84. The minimum absolute atomic E-state index is 0.218.